The SMILES string of the molecule is CCCn1ccnc1CNc1ccc(Cl)cc1I. The smallest absolute Gasteiger partial charge is 0.128 e. The molecule has 5 heteroatoms. The quantitative estimate of drug-likeness (QED) is 0.795. The van der Waals surface area contributed by atoms with Crippen LogP contribution < -0.4 is 5.32 Å². The molecule has 96 valence electrons. The number of imidazole rings is 1. The van der Waals surface area contributed by atoms with E-state index in [9.17, 15) is 0 Å². The Balaban J connectivity index is 2.04. The fraction of sp³-hybridized carbons (Fsp3) is 0.308. The number of nitrogens with zero attached hydrogens (tertiary/aromatic N) is 2. The number of halogens is 2. The summed E-state index contributed by atoms with van der Waals surface area (Å²) in [4.78, 5) is 4.37. The second-order valence-electron chi connectivity index (χ2n) is 4.01. The molecule has 18 heavy (non-hydrogen) atoms. The van der Waals surface area contributed by atoms with Gasteiger partial charge in [-0.3, -0.25) is 0 Å². The first-order valence-electron chi connectivity index (χ1n) is 5.89. The molecule has 2 aromatic rings. The molecule has 1 N–H and O–H groups in total. The van der Waals surface area contributed by atoms with Crippen LogP contribution in [0.2, 0.25) is 5.02 Å². The Morgan fingerprint density at radius 3 is 3.00 bits per heavy atom. The number of benzene rings is 1. The van der Waals surface area contributed by atoms with Gasteiger partial charge in [-0.2, -0.15) is 0 Å². The minimum Gasteiger partial charge on any atom is -0.377 e. The Bertz CT molecular complexity index is 525. The van der Waals surface area contributed by atoms with Crippen molar-refractivity contribution >= 4 is 39.9 Å². The Morgan fingerprint density at radius 1 is 1.44 bits per heavy atom. The largest absolute Gasteiger partial charge is 0.377 e. The summed E-state index contributed by atoms with van der Waals surface area (Å²) in [5.74, 6) is 1.06. The molecule has 3 nitrogen and oxygen atoms in total. The van der Waals surface area contributed by atoms with E-state index in [-0.39, 0.29) is 0 Å². The van der Waals surface area contributed by atoms with Gasteiger partial charge >= 0.3 is 0 Å². The molecule has 0 atom stereocenters. The molecule has 2 rings (SSSR count). The zero-order valence-corrected chi connectivity index (χ0v) is 13.1. The lowest BCUT2D eigenvalue weighted by Crippen LogP contribution is -2.09. The van der Waals surface area contributed by atoms with Gasteiger partial charge in [0.1, 0.15) is 5.82 Å². The van der Waals surface area contributed by atoms with E-state index in [1.54, 1.807) is 0 Å². The topological polar surface area (TPSA) is 29.9 Å². The molecule has 0 bridgehead atoms. The summed E-state index contributed by atoms with van der Waals surface area (Å²) in [5, 5.41) is 4.15. The predicted molar refractivity (Wildman–Crippen MR) is 84.0 cm³/mol. The maximum absolute atomic E-state index is 5.93. The van der Waals surface area contributed by atoms with Gasteiger partial charge in [0.25, 0.3) is 0 Å². The second kappa shape index (κ2) is 6.43. The molecule has 0 radical (unpaired) electrons. The third kappa shape index (κ3) is 3.38. The maximum atomic E-state index is 5.93. The van der Waals surface area contributed by atoms with Crippen molar-refractivity contribution < 1.29 is 0 Å². The summed E-state index contributed by atoms with van der Waals surface area (Å²) in [6.45, 7) is 3.90. The Morgan fingerprint density at radius 2 is 2.28 bits per heavy atom. The number of aromatic nitrogens is 2. The predicted octanol–water partition coefficient (Wildman–Crippen LogP) is 4.16. The van der Waals surface area contributed by atoms with Gasteiger partial charge < -0.3 is 9.88 Å². The highest BCUT2D eigenvalue weighted by atomic mass is 127. The zero-order chi connectivity index (χ0) is 13.0. The number of hydrogen-bond donors (Lipinski definition) is 1. The van der Waals surface area contributed by atoms with Crippen LogP contribution in [0.3, 0.4) is 0 Å². The molecule has 0 unspecified atom stereocenters. The van der Waals surface area contributed by atoms with Gasteiger partial charge in [0.15, 0.2) is 0 Å². The van der Waals surface area contributed by atoms with E-state index in [2.05, 4.69) is 44.4 Å². The highest BCUT2D eigenvalue weighted by molar-refractivity contribution is 14.1. The zero-order valence-electron chi connectivity index (χ0n) is 10.2. The molecular weight excluding hydrogens is 361 g/mol. The molecule has 0 saturated carbocycles. The van der Waals surface area contributed by atoms with E-state index in [1.807, 2.05) is 30.6 Å². The van der Waals surface area contributed by atoms with Gasteiger partial charge in [-0.15, -0.1) is 0 Å². The molecule has 1 heterocycles. The average molecular weight is 376 g/mol. The highest BCUT2D eigenvalue weighted by Gasteiger charge is 2.04. The number of rotatable bonds is 5. The lowest BCUT2D eigenvalue weighted by molar-refractivity contribution is 0.644. The summed E-state index contributed by atoms with van der Waals surface area (Å²) in [7, 11) is 0. The third-order valence-electron chi connectivity index (χ3n) is 2.63. The van der Waals surface area contributed by atoms with Gasteiger partial charge in [0.05, 0.1) is 6.54 Å². The normalized spacial score (nSPS) is 10.6. The Hall–Kier alpha value is -0.750. The first-order chi connectivity index (χ1) is 8.70. The first kappa shape index (κ1) is 13.7. The molecule has 0 fully saturated rings. The molecular formula is C13H15ClIN3. The van der Waals surface area contributed by atoms with Gasteiger partial charge in [0.2, 0.25) is 0 Å². The van der Waals surface area contributed by atoms with Crippen LogP contribution in [0.15, 0.2) is 30.6 Å². The van der Waals surface area contributed by atoms with Crippen LogP contribution in [-0.2, 0) is 13.1 Å². The Kier molecular flexibility index (Phi) is 4.88. The minimum atomic E-state index is 0.727. The van der Waals surface area contributed by atoms with Crippen molar-refractivity contribution in [3.63, 3.8) is 0 Å². The van der Waals surface area contributed by atoms with Gasteiger partial charge in [-0.1, -0.05) is 18.5 Å². The fourth-order valence-electron chi connectivity index (χ4n) is 1.76. The highest BCUT2D eigenvalue weighted by Crippen LogP contribution is 2.22. The van der Waals surface area contributed by atoms with E-state index in [0.717, 1.165) is 39.6 Å². The fourth-order valence-corrected chi connectivity index (χ4v) is 2.82. The van der Waals surface area contributed by atoms with Crippen molar-refractivity contribution in [2.45, 2.75) is 26.4 Å². The average Bonchev–Trinajstić information content (AvgIpc) is 2.76. The van der Waals surface area contributed by atoms with Crippen molar-refractivity contribution in [1.29, 1.82) is 0 Å². The van der Waals surface area contributed by atoms with E-state index >= 15 is 0 Å². The van der Waals surface area contributed by atoms with Crippen molar-refractivity contribution in [2.24, 2.45) is 0 Å². The standard InChI is InChI=1S/C13H15ClIN3/c1-2-6-18-7-5-16-13(18)9-17-12-4-3-10(14)8-11(12)15/h3-5,7-8,17H,2,6,9H2,1H3. The number of aryl methyl sites for hydroxylation is 1. The van der Waals surface area contributed by atoms with Gasteiger partial charge in [-0.05, 0) is 47.2 Å². The van der Waals surface area contributed by atoms with Crippen molar-refractivity contribution in [3.8, 4) is 0 Å². The molecule has 0 aliphatic carbocycles. The molecule has 1 aromatic carbocycles. The summed E-state index contributed by atoms with van der Waals surface area (Å²) in [6, 6.07) is 5.84. The minimum absolute atomic E-state index is 0.727. The molecule has 1 aromatic heterocycles. The Labute approximate surface area is 126 Å². The van der Waals surface area contributed by atoms with E-state index in [1.165, 1.54) is 0 Å². The summed E-state index contributed by atoms with van der Waals surface area (Å²) >= 11 is 8.21. The van der Waals surface area contributed by atoms with Crippen molar-refractivity contribution in [3.05, 3.63) is 45.0 Å². The summed E-state index contributed by atoms with van der Waals surface area (Å²) in [5.41, 5.74) is 1.09. The van der Waals surface area contributed by atoms with Crippen LogP contribution in [0.5, 0.6) is 0 Å². The lowest BCUT2D eigenvalue weighted by Gasteiger charge is -2.10. The van der Waals surface area contributed by atoms with Crippen LogP contribution in [0, 0.1) is 3.57 Å². The van der Waals surface area contributed by atoms with Crippen LogP contribution in [0.4, 0.5) is 5.69 Å². The first-order valence-corrected chi connectivity index (χ1v) is 7.35. The van der Waals surface area contributed by atoms with E-state index in [4.69, 9.17) is 11.6 Å². The van der Waals surface area contributed by atoms with Crippen molar-refractivity contribution in [2.75, 3.05) is 5.32 Å². The lowest BCUT2D eigenvalue weighted by atomic mass is 10.3. The summed E-state index contributed by atoms with van der Waals surface area (Å²) in [6.07, 6.45) is 4.98. The third-order valence-corrected chi connectivity index (χ3v) is 3.76. The number of anilines is 1. The van der Waals surface area contributed by atoms with Gasteiger partial charge in [0, 0.05) is 33.2 Å². The number of nitrogens with one attached hydrogen (secondary N) is 1. The maximum Gasteiger partial charge on any atom is 0.128 e. The van der Waals surface area contributed by atoms with E-state index in [0.29, 0.717) is 0 Å². The van der Waals surface area contributed by atoms with Crippen LogP contribution in [0.25, 0.3) is 0 Å². The van der Waals surface area contributed by atoms with Gasteiger partial charge in [-0.25, -0.2) is 4.98 Å². The molecule has 0 saturated heterocycles. The van der Waals surface area contributed by atoms with Crippen LogP contribution in [0.1, 0.15) is 19.2 Å². The monoisotopic (exact) mass is 375 g/mol. The van der Waals surface area contributed by atoms with Crippen molar-refractivity contribution in [1.82, 2.24) is 9.55 Å². The van der Waals surface area contributed by atoms with Crippen LogP contribution >= 0.6 is 34.2 Å². The van der Waals surface area contributed by atoms with E-state index < -0.39 is 0 Å². The molecule has 0 aliphatic rings. The molecule has 0 amide bonds. The van der Waals surface area contributed by atoms with Crippen LogP contribution in [-0.4, -0.2) is 9.55 Å². The molecule has 0 spiro atoms. The molecule has 0 aliphatic heterocycles. The second-order valence-corrected chi connectivity index (χ2v) is 5.61. The summed E-state index contributed by atoms with van der Waals surface area (Å²) < 4.78 is 3.30. The number of hydrogen-bond acceptors (Lipinski definition) is 2.